The highest BCUT2D eigenvalue weighted by Crippen LogP contribution is 2.36. The molecule has 5 atom stereocenters. The van der Waals surface area contributed by atoms with Gasteiger partial charge in [-0.1, -0.05) is 6.92 Å². The Labute approximate surface area is 98.3 Å². The SMILES string of the molecule is CCC(=O)NC1C2OCC(CO)(O2)C(O)C1O. The first-order valence-electron chi connectivity index (χ1n) is 5.60. The van der Waals surface area contributed by atoms with E-state index in [2.05, 4.69) is 5.32 Å². The molecule has 17 heavy (non-hydrogen) atoms. The highest BCUT2D eigenvalue weighted by Gasteiger charge is 2.59. The first kappa shape index (κ1) is 12.7. The summed E-state index contributed by atoms with van der Waals surface area (Å²) in [7, 11) is 0. The molecule has 0 aromatic carbocycles. The molecule has 0 aliphatic carbocycles. The van der Waals surface area contributed by atoms with Crippen molar-refractivity contribution in [3.63, 3.8) is 0 Å². The highest BCUT2D eigenvalue weighted by molar-refractivity contribution is 5.76. The third-order valence-electron chi connectivity index (χ3n) is 3.28. The van der Waals surface area contributed by atoms with Gasteiger partial charge in [-0.2, -0.15) is 0 Å². The van der Waals surface area contributed by atoms with E-state index >= 15 is 0 Å². The van der Waals surface area contributed by atoms with E-state index in [-0.39, 0.29) is 18.9 Å². The second-order valence-corrected chi connectivity index (χ2v) is 4.40. The quantitative estimate of drug-likeness (QED) is 0.447. The van der Waals surface area contributed by atoms with Crippen LogP contribution in [0.4, 0.5) is 0 Å². The largest absolute Gasteiger partial charge is 0.393 e. The Balaban J connectivity index is 2.14. The lowest BCUT2D eigenvalue weighted by Gasteiger charge is -2.41. The van der Waals surface area contributed by atoms with E-state index in [1.54, 1.807) is 6.92 Å². The number of hydrogen-bond acceptors (Lipinski definition) is 6. The normalized spacial score (nSPS) is 44.7. The van der Waals surface area contributed by atoms with Crippen molar-refractivity contribution in [2.75, 3.05) is 13.2 Å². The minimum atomic E-state index is -1.30. The second-order valence-electron chi connectivity index (χ2n) is 4.40. The zero-order valence-electron chi connectivity index (χ0n) is 9.50. The Hall–Kier alpha value is -0.730. The number of nitrogens with one attached hydrogen (secondary N) is 1. The molecule has 2 aliphatic rings. The molecule has 2 aliphatic heterocycles. The van der Waals surface area contributed by atoms with Crippen molar-refractivity contribution < 1.29 is 29.6 Å². The molecule has 4 N–H and O–H groups in total. The molecule has 0 aromatic heterocycles. The van der Waals surface area contributed by atoms with Crippen molar-refractivity contribution in [2.45, 2.75) is 43.5 Å². The van der Waals surface area contributed by atoms with Gasteiger partial charge in [-0.05, 0) is 0 Å². The molecule has 2 rings (SSSR count). The van der Waals surface area contributed by atoms with Gasteiger partial charge in [0.1, 0.15) is 23.9 Å². The van der Waals surface area contributed by atoms with Gasteiger partial charge in [0.15, 0.2) is 6.29 Å². The van der Waals surface area contributed by atoms with E-state index in [9.17, 15) is 20.1 Å². The fourth-order valence-electron chi connectivity index (χ4n) is 2.14. The van der Waals surface area contributed by atoms with Crippen molar-refractivity contribution in [3.8, 4) is 0 Å². The maximum atomic E-state index is 11.3. The van der Waals surface area contributed by atoms with Crippen molar-refractivity contribution >= 4 is 5.91 Å². The number of rotatable bonds is 3. The summed E-state index contributed by atoms with van der Waals surface area (Å²) in [6.07, 6.45) is -3.10. The van der Waals surface area contributed by atoms with Gasteiger partial charge in [0.25, 0.3) is 0 Å². The first-order chi connectivity index (χ1) is 8.04. The minimum Gasteiger partial charge on any atom is -0.393 e. The van der Waals surface area contributed by atoms with Gasteiger partial charge in [0, 0.05) is 6.42 Å². The monoisotopic (exact) mass is 247 g/mol. The summed E-state index contributed by atoms with van der Waals surface area (Å²) >= 11 is 0. The lowest BCUT2D eigenvalue weighted by Crippen LogP contribution is -2.66. The Morgan fingerprint density at radius 1 is 1.53 bits per heavy atom. The summed E-state index contributed by atoms with van der Waals surface area (Å²) in [6.45, 7) is 1.22. The van der Waals surface area contributed by atoms with Crippen LogP contribution >= 0.6 is 0 Å². The fourth-order valence-corrected chi connectivity index (χ4v) is 2.14. The summed E-state index contributed by atoms with van der Waals surface area (Å²) in [5, 5.41) is 31.6. The summed E-state index contributed by atoms with van der Waals surface area (Å²) in [4.78, 5) is 11.3. The van der Waals surface area contributed by atoms with Gasteiger partial charge >= 0.3 is 0 Å². The molecule has 0 radical (unpaired) electrons. The van der Waals surface area contributed by atoms with Crippen LogP contribution in [-0.4, -0.2) is 64.6 Å². The summed E-state index contributed by atoms with van der Waals surface area (Å²) < 4.78 is 10.6. The molecule has 1 amide bonds. The number of carbonyl (C=O) groups is 1. The minimum absolute atomic E-state index is 0.00904. The fraction of sp³-hybridized carbons (Fsp3) is 0.900. The number of fused-ring (bicyclic) bond motifs is 2. The summed E-state index contributed by atoms with van der Waals surface area (Å²) in [5.74, 6) is -0.267. The molecule has 2 heterocycles. The molecule has 5 unspecified atom stereocenters. The summed E-state index contributed by atoms with van der Waals surface area (Å²) in [5.41, 5.74) is -1.28. The predicted octanol–water partition coefficient (Wildman–Crippen LogP) is -2.28. The van der Waals surface area contributed by atoms with Crippen molar-refractivity contribution in [2.24, 2.45) is 0 Å². The van der Waals surface area contributed by atoms with Gasteiger partial charge in [-0.25, -0.2) is 0 Å². The molecule has 0 saturated carbocycles. The molecule has 0 spiro atoms. The molecule has 2 saturated heterocycles. The average molecular weight is 247 g/mol. The van der Waals surface area contributed by atoms with Crippen LogP contribution < -0.4 is 5.32 Å². The third-order valence-corrected chi connectivity index (χ3v) is 3.28. The van der Waals surface area contributed by atoms with Gasteiger partial charge in [0.2, 0.25) is 5.91 Å². The standard InChI is InChI=1S/C10H17NO6/c1-2-5(13)11-6-7(14)8(15)10(3-12)4-16-9(6)17-10/h6-9,12,14-15H,2-4H2,1H3,(H,11,13). The van der Waals surface area contributed by atoms with Crippen LogP contribution in [0.5, 0.6) is 0 Å². The number of amides is 1. The number of carbonyl (C=O) groups excluding carboxylic acids is 1. The van der Waals surface area contributed by atoms with Crippen LogP contribution in [0.25, 0.3) is 0 Å². The van der Waals surface area contributed by atoms with Crippen LogP contribution in [0.1, 0.15) is 13.3 Å². The molecular weight excluding hydrogens is 230 g/mol. The van der Waals surface area contributed by atoms with Crippen molar-refractivity contribution in [1.29, 1.82) is 0 Å². The van der Waals surface area contributed by atoms with E-state index in [0.717, 1.165) is 0 Å². The lowest BCUT2D eigenvalue weighted by molar-refractivity contribution is -0.233. The number of ether oxygens (including phenoxy) is 2. The van der Waals surface area contributed by atoms with Gasteiger partial charge in [0.05, 0.1) is 13.2 Å². The van der Waals surface area contributed by atoms with E-state index < -0.39 is 36.7 Å². The Morgan fingerprint density at radius 2 is 2.24 bits per heavy atom. The molecular formula is C10H17NO6. The number of hydrogen-bond donors (Lipinski definition) is 4. The molecule has 2 fully saturated rings. The van der Waals surface area contributed by atoms with E-state index in [4.69, 9.17) is 9.47 Å². The van der Waals surface area contributed by atoms with E-state index in [1.807, 2.05) is 0 Å². The van der Waals surface area contributed by atoms with Crippen LogP contribution in [0.3, 0.4) is 0 Å². The highest BCUT2D eigenvalue weighted by atomic mass is 16.7. The number of aliphatic hydroxyl groups is 3. The average Bonchev–Trinajstić information content (AvgIpc) is 2.75. The molecule has 7 nitrogen and oxygen atoms in total. The number of aliphatic hydroxyl groups excluding tert-OH is 3. The predicted molar refractivity (Wildman–Crippen MR) is 54.9 cm³/mol. The summed E-state index contributed by atoms with van der Waals surface area (Å²) in [6, 6.07) is -0.820. The molecule has 98 valence electrons. The van der Waals surface area contributed by atoms with E-state index in [0.29, 0.717) is 0 Å². The Kier molecular flexibility index (Phi) is 3.37. The molecule has 7 heteroatoms. The Morgan fingerprint density at radius 3 is 2.82 bits per heavy atom. The Bertz CT molecular complexity index is 311. The van der Waals surface area contributed by atoms with Gasteiger partial charge in [-0.15, -0.1) is 0 Å². The maximum Gasteiger partial charge on any atom is 0.220 e. The third kappa shape index (κ3) is 1.94. The second kappa shape index (κ2) is 4.51. The van der Waals surface area contributed by atoms with Crippen LogP contribution in [-0.2, 0) is 14.3 Å². The van der Waals surface area contributed by atoms with E-state index in [1.165, 1.54) is 0 Å². The maximum absolute atomic E-state index is 11.3. The topological polar surface area (TPSA) is 108 Å². The molecule has 2 bridgehead atoms. The molecule has 0 aromatic rings. The van der Waals surface area contributed by atoms with Crippen LogP contribution in [0.15, 0.2) is 0 Å². The van der Waals surface area contributed by atoms with Gasteiger partial charge in [-0.3, -0.25) is 4.79 Å². The van der Waals surface area contributed by atoms with Crippen molar-refractivity contribution in [3.05, 3.63) is 0 Å². The van der Waals surface area contributed by atoms with Crippen LogP contribution in [0, 0.1) is 0 Å². The van der Waals surface area contributed by atoms with Gasteiger partial charge < -0.3 is 30.1 Å². The first-order valence-corrected chi connectivity index (χ1v) is 5.60. The van der Waals surface area contributed by atoms with Crippen LogP contribution in [0.2, 0.25) is 0 Å². The lowest BCUT2D eigenvalue weighted by atomic mass is 9.88. The zero-order valence-corrected chi connectivity index (χ0v) is 9.50. The van der Waals surface area contributed by atoms with Crippen molar-refractivity contribution in [1.82, 2.24) is 5.32 Å². The smallest absolute Gasteiger partial charge is 0.220 e. The zero-order chi connectivity index (χ0) is 12.6.